The maximum Gasteiger partial charge on any atom is 0.354 e. The highest BCUT2D eigenvalue weighted by atomic mass is 35.5. The number of carbonyl (C=O) groups is 2. The van der Waals surface area contributed by atoms with Gasteiger partial charge in [-0.2, -0.15) is 0 Å². The highest BCUT2D eigenvalue weighted by molar-refractivity contribution is 6.30. The first-order chi connectivity index (χ1) is 10.8. The number of hydrogen-bond acceptors (Lipinski definition) is 3. The van der Waals surface area contributed by atoms with Crippen molar-refractivity contribution in [1.82, 2.24) is 9.88 Å². The molecule has 0 aliphatic heterocycles. The van der Waals surface area contributed by atoms with Crippen molar-refractivity contribution in [2.75, 3.05) is 14.2 Å². The van der Waals surface area contributed by atoms with E-state index in [-0.39, 0.29) is 5.91 Å². The van der Waals surface area contributed by atoms with Gasteiger partial charge in [0.25, 0.3) is 5.91 Å². The van der Waals surface area contributed by atoms with Gasteiger partial charge in [-0.05, 0) is 49.2 Å². The van der Waals surface area contributed by atoms with E-state index in [4.69, 9.17) is 16.3 Å². The number of aryl methyl sites for hydroxylation is 1. The molecular weight excluding hydrogens is 316 g/mol. The zero-order valence-corrected chi connectivity index (χ0v) is 14.3. The number of carbonyl (C=O) groups excluding carboxylic acids is 2. The van der Waals surface area contributed by atoms with E-state index in [1.165, 1.54) is 7.11 Å². The number of halogens is 1. The Bertz CT molecular complexity index is 735. The van der Waals surface area contributed by atoms with Gasteiger partial charge in [-0.3, -0.25) is 4.79 Å². The molecule has 0 fully saturated rings. The molecule has 0 unspecified atom stereocenters. The molecular formula is C17H19ClN2O3. The van der Waals surface area contributed by atoms with Crippen LogP contribution in [-0.4, -0.2) is 35.9 Å². The van der Waals surface area contributed by atoms with Crippen LogP contribution in [-0.2, 0) is 11.3 Å². The van der Waals surface area contributed by atoms with Crippen LogP contribution >= 0.6 is 11.6 Å². The van der Waals surface area contributed by atoms with Crippen LogP contribution in [0.25, 0.3) is 0 Å². The summed E-state index contributed by atoms with van der Waals surface area (Å²) < 4.78 is 4.76. The van der Waals surface area contributed by atoms with Gasteiger partial charge in [-0.1, -0.05) is 11.6 Å². The molecule has 23 heavy (non-hydrogen) atoms. The van der Waals surface area contributed by atoms with Crippen molar-refractivity contribution in [3.63, 3.8) is 0 Å². The zero-order valence-electron chi connectivity index (χ0n) is 13.6. The second kappa shape index (κ2) is 6.87. The van der Waals surface area contributed by atoms with E-state index in [1.807, 2.05) is 13.8 Å². The summed E-state index contributed by atoms with van der Waals surface area (Å²) in [6, 6.07) is 6.76. The molecule has 122 valence electrons. The maximum atomic E-state index is 12.5. The molecule has 1 N–H and O–H groups in total. The number of aromatic nitrogens is 1. The van der Waals surface area contributed by atoms with Gasteiger partial charge in [-0.25, -0.2) is 4.79 Å². The number of H-pyrrole nitrogens is 1. The summed E-state index contributed by atoms with van der Waals surface area (Å²) in [5, 5.41) is 0.587. The highest BCUT2D eigenvalue weighted by Gasteiger charge is 2.20. The standard InChI is InChI=1S/C17H19ClN2O3/c1-10-14(11(2)19-15(10)17(22)23-4)9-20(3)16(21)12-5-7-13(18)8-6-12/h5-8,19H,9H2,1-4H3. The molecule has 0 saturated carbocycles. The van der Waals surface area contributed by atoms with Gasteiger partial charge < -0.3 is 14.6 Å². The topological polar surface area (TPSA) is 62.4 Å². The first kappa shape index (κ1) is 17.1. The molecule has 0 aliphatic rings. The maximum absolute atomic E-state index is 12.5. The van der Waals surface area contributed by atoms with Crippen molar-refractivity contribution in [2.24, 2.45) is 0 Å². The van der Waals surface area contributed by atoms with Gasteiger partial charge in [-0.15, -0.1) is 0 Å². The molecule has 0 saturated heterocycles. The quantitative estimate of drug-likeness (QED) is 0.872. The molecule has 0 aliphatic carbocycles. The fraction of sp³-hybridized carbons (Fsp3) is 0.294. The lowest BCUT2D eigenvalue weighted by Gasteiger charge is -2.18. The third-order valence-corrected chi connectivity index (χ3v) is 4.07. The number of hydrogen-bond donors (Lipinski definition) is 1. The normalized spacial score (nSPS) is 10.5. The summed E-state index contributed by atoms with van der Waals surface area (Å²) in [6.07, 6.45) is 0. The Morgan fingerprint density at radius 2 is 1.83 bits per heavy atom. The van der Waals surface area contributed by atoms with E-state index in [0.29, 0.717) is 22.8 Å². The van der Waals surface area contributed by atoms with Crippen LogP contribution in [0.1, 0.15) is 37.7 Å². The lowest BCUT2D eigenvalue weighted by molar-refractivity contribution is 0.0593. The van der Waals surface area contributed by atoms with Gasteiger partial charge >= 0.3 is 5.97 Å². The smallest absolute Gasteiger partial charge is 0.354 e. The van der Waals surface area contributed by atoms with Crippen molar-refractivity contribution >= 4 is 23.5 Å². The zero-order chi connectivity index (χ0) is 17.1. The number of aromatic amines is 1. The third kappa shape index (κ3) is 3.56. The number of benzene rings is 1. The predicted molar refractivity (Wildman–Crippen MR) is 88.9 cm³/mol. The minimum absolute atomic E-state index is 0.110. The Hall–Kier alpha value is -2.27. The first-order valence-electron chi connectivity index (χ1n) is 7.12. The van der Waals surface area contributed by atoms with Crippen LogP contribution in [0.4, 0.5) is 0 Å². The molecule has 1 aromatic heterocycles. The van der Waals surface area contributed by atoms with E-state index in [1.54, 1.807) is 36.2 Å². The summed E-state index contributed by atoms with van der Waals surface area (Å²) >= 11 is 5.84. The number of rotatable bonds is 4. The van der Waals surface area contributed by atoms with E-state index < -0.39 is 5.97 Å². The van der Waals surface area contributed by atoms with Crippen LogP contribution in [0, 0.1) is 13.8 Å². The van der Waals surface area contributed by atoms with E-state index in [9.17, 15) is 9.59 Å². The van der Waals surface area contributed by atoms with Gasteiger partial charge in [0.1, 0.15) is 5.69 Å². The molecule has 1 heterocycles. The number of methoxy groups -OCH3 is 1. The van der Waals surface area contributed by atoms with Gasteiger partial charge in [0.2, 0.25) is 0 Å². The summed E-state index contributed by atoms with van der Waals surface area (Å²) in [7, 11) is 3.06. The van der Waals surface area contributed by atoms with Crippen molar-refractivity contribution in [3.05, 3.63) is 57.4 Å². The van der Waals surface area contributed by atoms with E-state index >= 15 is 0 Å². The fourth-order valence-electron chi connectivity index (χ4n) is 2.45. The molecule has 6 heteroatoms. The number of amides is 1. The molecule has 2 aromatic rings. The molecule has 0 bridgehead atoms. The molecule has 5 nitrogen and oxygen atoms in total. The fourth-order valence-corrected chi connectivity index (χ4v) is 2.58. The van der Waals surface area contributed by atoms with Crippen LogP contribution in [0.5, 0.6) is 0 Å². The summed E-state index contributed by atoms with van der Waals surface area (Å²) in [4.78, 5) is 28.8. The number of nitrogens with one attached hydrogen (secondary N) is 1. The largest absolute Gasteiger partial charge is 0.464 e. The summed E-state index contributed by atoms with van der Waals surface area (Å²) in [5.74, 6) is -0.523. The molecule has 0 atom stereocenters. The third-order valence-electron chi connectivity index (χ3n) is 3.82. The molecule has 0 radical (unpaired) electrons. The van der Waals surface area contributed by atoms with Crippen molar-refractivity contribution in [1.29, 1.82) is 0 Å². The SMILES string of the molecule is COC(=O)c1[nH]c(C)c(CN(C)C(=O)c2ccc(Cl)cc2)c1C. The number of nitrogens with zero attached hydrogens (tertiary/aromatic N) is 1. The highest BCUT2D eigenvalue weighted by Crippen LogP contribution is 2.21. The first-order valence-corrected chi connectivity index (χ1v) is 7.50. The summed E-state index contributed by atoms with van der Waals surface area (Å²) in [5.41, 5.74) is 3.54. The minimum atomic E-state index is -0.413. The lowest BCUT2D eigenvalue weighted by Crippen LogP contribution is -2.26. The lowest BCUT2D eigenvalue weighted by atomic mass is 10.1. The molecule has 1 aromatic carbocycles. The van der Waals surface area contributed by atoms with Crippen molar-refractivity contribution in [3.8, 4) is 0 Å². The van der Waals surface area contributed by atoms with E-state index in [2.05, 4.69) is 4.98 Å². The Kier molecular flexibility index (Phi) is 5.11. The van der Waals surface area contributed by atoms with Crippen molar-refractivity contribution in [2.45, 2.75) is 20.4 Å². The van der Waals surface area contributed by atoms with Gasteiger partial charge in [0.05, 0.1) is 7.11 Å². The Morgan fingerprint density at radius 3 is 2.39 bits per heavy atom. The Labute approximate surface area is 140 Å². The minimum Gasteiger partial charge on any atom is -0.464 e. The monoisotopic (exact) mass is 334 g/mol. The van der Waals surface area contributed by atoms with E-state index in [0.717, 1.165) is 16.8 Å². The van der Waals surface area contributed by atoms with Gasteiger partial charge in [0, 0.05) is 29.9 Å². The van der Waals surface area contributed by atoms with Crippen molar-refractivity contribution < 1.29 is 14.3 Å². The molecule has 1 amide bonds. The number of esters is 1. The molecule has 0 spiro atoms. The predicted octanol–water partition coefficient (Wildman–Crippen LogP) is 3.34. The van der Waals surface area contributed by atoms with Gasteiger partial charge in [0.15, 0.2) is 0 Å². The average molecular weight is 335 g/mol. The van der Waals surface area contributed by atoms with Crippen LogP contribution < -0.4 is 0 Å². The number of ether oxygens (including phenoxy) is 1. The van der Waals surface area contributed by atoms with Crippen LogP contribution in [0.3, 0.4) is 0 Å². The summed E-state index contributed by atoms with van der Waals surface area (Å²) in [6.45, 7) is 4.10. The van der Waals surface area contributed by atoms with Crippen LogP contribution in [0.15, 0.2) is 24.3 Å². The second-order valence-electron chi connectivity index (χ2n) is 5.39. The Morgan fingerprint density at radius 1 is 1.22 bits per heavy atom. The average Bonchev–Trinajstić information content (AvgIpc) is 2.82. The second-order valence-corrected chi connectivity index (χ2v) is 5.82. The molecule has 2 rings (SSSR count). The Balaban J connectivity index is 2.21. The van der Waals surface area contributed by atoms with Crippen LogP contribution in [0.2, 0.25) is 5.02 Å².